The highest BCUT2D eigenvalue weighted by atomic mass is 16.5. The number of hydrogen-bond acceptors (Lipinski definition) is 4. The zero-order valence-electron chi connectivity index (χ0n) is 11.3. The summed E-state index contributed by atoms with van der Waals surface area (Å²) in [4.78, 5) is 22.9. The van der Waals surface area contributed by atoms with Crippen molar-refractivity contribution in [1.29, 1.82) is 0 Å². The topological polar surface area (TPSA) is 75.6 Å². The molecule has 0 aromatic heterocycles. The molecule has 0 bridgehead atoms. The van der Waals surface area contributed by atoms with Gasteiger partial charge < -0.3 is 15.2 Å². The third kappa shape index (κ3) is 3.71. The Morgan fingerprint density at radius 3 is 2.60 bits per heavy atom. The largest absolute Gasteiger partial charge is 0.507 e. The number of esters is 1. The van der Waals surface area contributed by atoms with E-state index in [9.17, 15) is 14.7 Å². The number of anilines is 1. The molecule has 0 aliphatic carbocycles. The van der Waals surface area contributed by atoms with E-state index in [1.807, 2.05) is 0 Å². The molecule has 5 nitrogen and oxygen atoms in total. The van der Waals surface area contributed by atoms with Crippen LogP contribution >= 0.6 is 0 Å². The maximum Gasteiger partial charge on any atom is 0.342 e. The molecule has 0 radical (unpaired) electrons. The second kappa shape index (κ2) is 7.13. The molecule has 1 aromatic rings. The summed E-state index contributed by atoms with van der Waals surface area (Å²) in [6.45, 7) is 8.45. The van der Waals surface area contributed by atoms with Gasteiger partial charge in [0.05, 0.1) is 0 Å². The predicted molar refractivity (Wildman–Crippen MR) is 76.8 cm³/mol. The number of nitrogens with one attached hydrogen (secondary N) is 1. The van der Waals surface area contributed by atoms with Crippen molar-refractivity contribution in [2.75, 3.05) is 11.9 Å². The number of ether oxygens (including phenoxy) is 1. The third-order valence-corrected chi connectivity index (χ3v) is 2.49. The lowest BCUT2D eigenvalue weighted by atomic mass is 10.0. The highest BCUT2D eigenvalue weighted by Gasteiger charge is 2.18. The van der Waals surface area contributed by atoms with E-state index in [4.69, 9.17) is 4.74 Å². The molecule has 0 spiro atoms. The summed E-state index contributed by atoms with van der Waals surface area (Å²) in [5.74, 6) is -1.14. The summed E-state index contributed by atoms with van der Waals surface area (Å²) in [5, 5.41) is 12.8. The van der Waals surface area contributed by atoms with Gasteiger partial charge in [-0.1, -0.05) is 18.7 Å². The Labute approximate surface area is 117 Å². The van der Waals surface area contributed by atoms with Gasteiger partial charge in [-0.05, 0) is 18.6 Å². The van der Waals surface area contributed by atoms with Crippen molar-refractivity contribution < 1.29 is 19.4 Å². The van der Waals surface area contributed by atoms with Crippen molar-refractivity contribution in [2.24, 2.45) is 0 Å². The average Bonchev–Trinajstić information content (AvgIpc) is 2.39. The van der Waals surface area contributed by atoms with Gasteiger partial charge >= 0.3 is 5.97 Å². The minimum Gasteiger partial charge on any atom is -0.507 e. The molecular weight excluding hydrogens is 258 g/mol. The molecule has 2 N–H and O–H groups in total. The van der Waals surface area contributed by atoms with Gasteiger partial charge in [0.25, 0.3) is 0 Å². The number of aromatic hydroxyl groups is 1. The van der Waals surface area contributed by atoms with Gasteiger partial charge in [0.15, 0.2) is 0 Å². The number of carbonyl (C=O) groups is 2. The van der Waals surface area contributed by atoms with E-state index in [0.29, 0.717) is 17.7 Å². The summed E-state index contributed by atoms with van der Waals surface area (Å²) in [6, 6.07) is 2.95. The first-order valence-corrected chi connectivity index (χ1v) is 6.02. The molecule has 1 rings (SSSR count). The standard InChI is InChI=1S/C15H17NO4/c1-4-6-11-13(16-10(3)17)8-7-12(14(11)18)15(19)20-9-5-2/h4-5,7-8,18H,1-2,6,9H2,3H3,(H,16,17). The first-order chi connectivity index (χ1) is 9.51. The second-order valence-electron chi connectivity index (χ2n) is 4.05. The van der Waals surface area contributed by atoms with Gasteiger partial charge in [-0.3, -0.25) is 4.79 Å². The molecule has 0 aliphatic heterocycles. The first kappa shape index (κ1) is 15.5. The quantitative estimate of drug-likeness (QED) is 0.617. The molecule has 0 saturated carbocycles. The predicted octanol–water partition coefficient (Wildman–Crippen LogP) is 2.42. The molecule has 106 valence electrons. The molecule has 5 heteroatoms. The fraction of sp³-hybridized carbons (Fsp3) is 0.200. The highest BCUT2D eigenvalue weighted by molar-refractivity contribution is 5.96. The average molecular weight is 275 g/mol. The Hall–Kier alpha value is -2.56. The number of rotatable bonds is 6. The van der Waals surface area contributed by atoms with Gasteiger partial charge in [0.2, 0.25) is 5.91 Å². The van der Waals surface area contributed by atoms with Crippen LogP contribution in [-0.4, -0.2) is 23.6 Å². The Morgan fingerprint density at radius 2 is 2.05 bits per heavy atom. The van der Waals surface area contributed by atoms with Gasteiger partial charge in [0, 0.05) is 18.2 Å². The normalized spacial score (nSPS) is 9.65. The lowest BCUT2D eigenvalue weighted by molar-refractivity contribution is -0.114. The second-order valence-corrected chi connectivity index (χ2v) is 4.05. The van der Waals surface area contributed by atoms with Crippen molar-refractivity contribution in [3.05, 3.63) is 48.6 Å². The van der Waals surface area contributed by atoms with E-state index in [1.165, 1.54) is 19.1 Å². The molecule has 0 atom stereocenters. The number of amides is 1. The van der Waals surface area contributed by atoms with Crippen LogP contribution in [-0.2, 0) is 16.0 Å². The fourth-order valence-electron chi connectivity index (χ4n) is 1.67. The number of phenols is 1. The van der Waals surface area contributed by atoms with Crippen LogP contribution in [0.2, 0.25) is 0 Å². The van der Waals surface area contributed by atoms with Crippen LogP contribution in [0.5, 0.6) is 5.75 Å². The summed E-state index contributed by atoms with van der Waals surface area (Å²) >= 11 is 0. The molecule has 1 amide bonds. The number of carbonyl (C=O) groups excluding carboxylic acids is 2. The van der Waals surface area contributed by atoms with E-state index in [1.54, 1.807) is 12.1 Å². The maximum absolute atomic E-state index is 11.8. The van der Waals surface area contributed by atoms with E-state index >= 15 is 0 Å². The molecule has 0 fully saturated rings. The summed E-state index contributed by atoms with van der Waals surface area (Å²) in [5.41, 5.74) is 0.899. The molecule has 20 heavy (non-hydrogen) atoms. The molecule has 0 saturated heterocycles. The van der Waals surface area contributed by atoms with Crippen molar-refractivity contribution >= 4 is 17.6 Å². The van der Waals surface area contributed by atoms with E-state index < -0.39 is 5.97 Å². The maximum atomic E-state index is 11.8. The van der Waals surface area contributed by atoms with Crippen LogP contribution in [0.25, 0.3) is 0 Å². The highest BCUT2D eigenvalue weighted by Crippen LogP contribution is 2.31. The van der Waals surface area contributed by atoms with Crippen LogP contribution in [0, 0.1) is 0 Å². The Balaban J connectivity index is 3.19. The minimum atomic E-state index is -0.651. The zero-order valence-corrected chi connectivity index (χ0v) is 11.3. The summed E-state index contributed by atoms with van der Waals surface area (Å²) in [6.07, 6.45) is 3.31. The van der Waals surface area contributed by atoms with Gasteiger partial charge in [0.1, 0.15) is 17.9 Å². The third-order valence-electron chi connectivity index (χ3n) is 2.49. The lowest BCUT2D eigenvalue weighted by Crippen LogP contribution is -2.11. The molecule has 0 heterocycles. The van der Waals surface area contributed by atoms with Gasteiger partial charge in [-0.15, -0.1) is 6.58 Å². The Morgan fingerprint density at radius 1 is 1.35 bits per heavy atom. The molecule has 0 unspecified atom stereocenters. The fourth-order valence-corrected chi connectivity index (χ4v) is 1.67. The summed E-state index contributed by atoms with van der Waals surface area (Å²) < 4.78 is 4.88. The number of hydrogen-bond donors (Lipinski definition) is 2. The van der Waals surface area contributed by atoms with Crippen LogP contribution in [0.15, 0.2) is 37.4 Å². The van der Waals surface area contributed by atoms with Crippen molar-refractivity contribution in [2.45, 2.75) is 13.3 Å². The van der Waals surface area contributed by atoms with Crippen LogP contribution < -0.4 is 5.32 Å². The Bertz CT molecular complexity index is 549. The van der Waals surface area contributed by atoms with Crippen LogP contribution in [0.4, 0.5) is 5.69 Å². The molecule has 0 aliphatic rings. The molecule has 1 aromatic carbocycles. The van der Waals surface area contributed by atoms with E-state index in [-0.39, 0.29) is 23.8 Å². The SMILES string of the molecule is C=CCOC(=O)c1ccc(NC(C)=O)c(CC=C)c1O. The van der Waals surface area contributed by atoms with Crippen molar-refractivity contribution in [3.8, 4) is 5.75 Å². The zero-order chi connectivity index (χ0) is 15.1. The number of benzene rings is 1. The summed E-state index contributed by atoms with van der Waals surface area (Å²) in [7, 11) is 0. The molecular formula is C15H17NO4. The van der Waals surface area contributed by atoms with E-state index in [0.717, 1.165) is 0 Å². The van der Waals surface area contributed by atoms with Gasteiger partial charge in [-0.25, -0.2) is 4.79 Å². The van der Waals surface area contributed by atoms with Crippen LogP contribution in [0.1, 0.15) is 22.8 Å². The monoisotopic (exact) mass is 275 g/mol. The minimum absolute atomic E-state index is 0.0396. The van der Waals surface area contributed by atoms with Crippen molar-refractivity contribution in [3.63, 3.8) is 0 Å². The lowest BCUT2D eigenvalue weighted by Gasteiger charge is -2.13. The van der Waals surface area contributed by atoms with E-state index in [2.05, 4.69) is 18.5 Å². The first-order valence-electron chi connectivity index (χ1n) is 6.02. The van der Waals surface area contributed by atoms with Crippen LogP contribution in [0.3, 0.4) is 0 Å². The smallest absolute Gasteiger partial charge is 0.342 e. The number of phenolic OH excluding ortho intramolecular Hbond substituents is 1. The number of allylic oxidation sites excluding steroid dienone is 1. The van der Waals surface area contributed by atoms with Crippen molar-refractivity contribution in [1.82, 2.24) is 0 Å². The Kier molecular flexibility index (Phi) is 5.53. The van der Waals surface area contributed by atoms with Gasteiger partial charge in [-0.2, -0.15) is 0 Å².